The standard InChI is InChI=1S/C20H24Cl2N2O4S/c1-4-13(3)24(14-7-8-29(26,27)11-14)18(25)10-28-20-17(22)9-16(21)15-6-5-12(2)23-19(15)20/h5-6,9,13-14H,4,7-8,10-11H2,1-3H3/t13-,14+/m1/s1. The summed E-state index contributed by atoms with van der Waals surface area (Å²) in [4.78, 5) is 19.1. The molecule has 1 fully saturated rings. The second-order valence-electron chi connectivity index (χ2n) is 7.42. The van der Waals surface area contributed by atoms with E-state index < -0.39 is 9.84 Å². The van der Waals surface area contributed by atoms with Gasteiger partial charge in [0.15, 0.2) is 22.2 Å². The minimum atomic E-state index is -3.11. The zero-order valence-corrected chi connectivity index (χ0v) is 18.9. The summed E-state index contributed by atoms with van der Waals surface area (Å²) in [5.41, 5.74) is 1.26. The highest BCUT2D eigenvalue weighted by Crippen LogP contribution is 2.37. The Morgan fingerprint density at radius 3 is 2.69 bits per heavy atom. The van der Waals surface area contributed by atoms with Gasteiger partial charge in [0.25, 0.3) is 5.91 Å². The Morgan fingerprint density at radius 1 is 1.34 bits per heavy atom. The number of ether oxygens (including phenoxy) is 1. The fourth-order valence-corrected chi connectivity index (χ4v) is 5.92. The first-order valence-corrected chi connectivity index (χ1v) is 12.1. The average Bonchev–Trinajstić information content (AvgIpc) is 3.00. The molecule has 0 bridgehead atoms. The van der Waals surface area contributed by atoms with Crippen molar-refractivity contribution in [3.05, 3.63) is 33.9 Å². The maximum atomic E-state index is 13.0. The van der Waals surface area contributed by atoms with Crippen LogP contribution in [-0.4, -0.2) is 54.4 Å². The van der Waals surface area contributed by atoms with Crippen molar-refractivity contribution in [1.29, 1.82) is 0 Å². The van der Waals surface area contributed by atoms with Crippen molar-refractivity contribution in [2.45, 2.75) is 45.7 Å². The second-order valence-corrected chi connectivity index (χ2v) is 10.5. The molecule has 1 aliphatic rings. The maximum absolute atomic E-state index is 13.0. The highest BCUT2D eigenvalue weighted by Gasteiger charge is 2.36. The number of aryl methyl sites for hydroxylation is 1. The lowest BCUT2D eigenvalue weighted by Crippen LogP contribution is -2.48. The van der Waals surface area contributed by atoms with Gasteiger partial charge < -0.3 is 9.64 Å². The van der Waals surface area contributed by atoms with Crippen LogP contribution in [0, 0.1) is 6.92 Å². The Bertz CT molecular complexity index is 1040. The van der Waals surface area contributed by atoms with E-state index in [0.717, 1.165) is 5.69 Å². The summed E-state index contributed by atoms with van der Waals surface area (Å²) in [5.74, 6) is 0.129. The lowest BCUT2D eigenvalue weighted by atomic mass is 10.1. The van der Waals surface area contributed by atoms with Crippen LogP contribution in [0.15, 0.2) is 18.2 Å². The quantitative estimate of drug-likeness (QED) is 0.652. The number of hydrogen-bond acceptors (Lipinski definition) is 5. The summed E-state index contributed by atoms with van der Waals surface area (Å²) in [7, 11) is -3.11. The minimum Gasteiger partial charge on any atom is -0.480 e. The summed E-state index contributed by atoms with van der Waals surface area (Å²) in [6, 6.07) is 4.81. The van der Waals surface area contributed by atoms with Gasteiger partial charge in [-0.25, -0.2) is 13.4 Å². The highest BCUT2D eigenvalue weighted by atomic mass is 35.5. The molecule has 3 rings (SSSR count). The van der Waals surface area contributed by atoms with Crippen molar-refractivity contribution in [2.75, 3.05) is 18.1 Å². The number of hydrogen-bond donors (Lipinski definition) is 0. The normalized spacial score (nSPS) is 19.3. The summed E-state index contributed by atoms with van der Waals surface area (Å²) < 4.78 is 29.6. The Kier molecular flexibility index (Phi) is 6.61. The van der Waals surface area contributed by atoms with E-state index in [1.807, 2.05) is 32.9 Å². The Balaban J connectivity index is 1.86. The molecule has 1 saturated heterocycles. The number of nitrogens with zero attached hydrogens (tertiary/aromatic N) is 2. The number of carbonyl (C=O) groups excluding carboxylic acids is 1. The Morgan fingerprint density at radius 2 is 2.07 bits per heavy atom. The van der Waals surface area contributed by atoms with Crippen LogP contribution in [0.25, 0.3) is 10.9 Å². The number of fused-ring (bicyclic) bond motifs is 1. The van der Waals surface area contributed by atoms with Crippen LogP contribution in [0.1, 0.15) is 32.4 Å². The fraction of sp³-hybridized carbons (Fsp3) is 0.500. The van der Waals surface area contributed by atoms with Gasteiger partial charge in [0.1, 0.15) is 5.52 Å². The molecule has 1 aliphatic heterocycles. The van der Waals surface area contributed by atoms with Gasteiger partial charge >= 0.3 is 0 Å². The first kappa shape index (κ1) is 22.1. The van der Waals surface area contributed by atoms with E-state index in [-0.39, 0.29) is 41.1 Å². The summed E-state index contributed by atoms with van der Waals surface area (Å²) in [6.07, 6.45) is 1.16. The van der Waals surface area contributed by atoms with Crippen LogP contribution in [0.2, 0.25) is 10.0 Å². The third-order valence-electron chi connectivity index (χ3n) is 5.27. The molecule has 9 heteroatoms. The van der Waals surface area contributed by atoms with Gasteiger partial charge in [-0.15, -0.1) is 0 Å². The van der Waals surface area contributed by atoms with E-state index >= 15 is 0 Å². The van der Waals surface area contributed by atoms with Crippen molar-refractivity contribution < 1.29 is 17.9 Å². The molecule has 6 nitrogen and oxygen atoms in total. The number of carbonyl (C=O) groups is 1. The molecular formula is C20H24Cl2N2O4S. The van der Waals surface area contributed by atoms with Crippen molar-refractivity contribution in [2.24, 2.45) is 0 Å². The number of rotatable bonds is 6. The third-order valence-corrected chi connectivity index (χ3v) is 7.62. The molecule has 2 heterocycles. The highest BCUT2D eigenvalue weighted by molar-refractivity contribution is 7.91. The molecule has 0 radical (unpaired) electrons. The van der Waals surface area contributed by atoms with Crippen molar-refractivity contribution in [1.82, 2.24) is 9.88 Å². The van der Waals surface area contributed by atoms with E-state index in [4.69, 9.17) is 27.9 Å². The maximum Gasteiger partial charge on any atom is 0.261 e. The molecule has 0 unspecified atom stereocenters. The lowest BCUT2D eigenvalue weighted by Gasteiger charge is -2.33. The molecule has 29 heavy (non-hydrogen) atoms. The molecule has 0 saturated carbocycles. The average molecular weight is 459 g/mol. The van der Waals surface area contributed by atoms with Crippen LogP contribution in [0.4, 0.5) is 0 Å². The molecule has 1 amide bonds. The second kappa shape index (κ2) is 8.66. The number of amides is 1. The number of pyridine rings is 1. The molecule has 1 aromatic heterocycles. The number of aromatic nitrogens is 1. The largest absolute Gasteiger partial charge is 0.480 e. The smallest absolute Gasteiger partial charge is 0.261 e. The van der Waals surface area contributed by atoms with Crippen molar-refractivity contribution >= 4 is 49.8 Å². The molecule has 0 aliphatic carbocycles. The molecule has 2 aromatic rings. The lowest BCUT2D eigenvalue weighted by molar-refractivity contribution is -0.137. The topological polar surface area (TPSA) is 76.6 Å². The summed E-state index contributed by atoms with van der Waals surface area (Å²) >= 11 is 12.6. The van der Waals surface area contributed by atoms with E-state index in [2.05, 4.69) is 4.98 Å². The van der Waals surface area contributed by atoms with Crippen LogP contribution < -0.4 is 4.74 Å². The fourth-order valence-electron chi connectivity index (χ4n) is 3.64. The summed E-state index contributed by atoms with van der Waals surface area (Å²) in [6.45, 7) is 5.46. The number of halogens is 2. The first-order valence-electron chi connectivity index (χ1n) is 9.52. The van der Waals surface area contributed by atoms with E-state index in [0.29, 0.717) is 34.5 Å². The first-order chi connectivity index (χ1) is 13.6. The Labute approximate surface area is 181 Å². The third kappa shape index (κ3) is 4.78. The number of benzene rings is 1. The van der Waals surface area contributed by atoms with Gasteiger partial charge in [0.2, 0.25) is 0 Å². The van der Waals surface area contributed by atoms with E-state index in [9.17, 15) is 13.2 Å². The van der Waals surface area contributed by atoms with Gasteiger partial charge in [0, 0.05) is 23.2 Å². The molecule has 2 atom stereocenters. The van der Waals surface area contributed by atoms with E-state index in [1.54, 1.807) is 11.0 Å². The Hall–Kier alpha value is -1.57. The minimum absolute atomic E-state index is 0.00549. The zero-order chi connectivity index (χ0) is 21.3. The van der Waals surface area contributed by atoms with E-state index in [1.165, 1.54) is 0 Å². The van der Waals surface area contributed by atoms with Crippen molar-refractivity contribution in [3.63, 3.8) is 0 Å². The monoisotopic (exact) mass is 458 g/mol. The zero-order valence-electron chi connectivity index (χ0n) is 16.6. The molecule has 0 spiro atoms. The molecule has 0 N–H and O–H groups in total. The molecule has 158 valence electrons. The van der Waals surface area contributed by atoms with Gasteiger partial charge in [-0.1, -0.05) is 30.1 Å². The van der Waals surface area contributed by atoms with Crippen LogP contribution in [0.3, 0.4) is 0 Å². The van der Waals surface area contributed by atoms with Gasteiger partial charge in [-0.3, -0.25) is 4.79 Å². The molecular weight excluding hydrogens is 435 g/mol. The van der Waals surface area contributed by atoms with Gasteiger partial charge in [0.05, 0.1) is 21.6 Å². The van der Waals surface area contributed by atoms with Crippen molar-refractivity contribution in [3.8, 4) is 5.75 Å². The molecule has 1 aromatic carbocycles. The van der Waals surface area contributed by atoms with Crippen LogP contribution >= 0.6 is 23.2 Å². The predicted octanol–water partition coefficient (Wildman–Crippen LogP) is 4.04. The van der Waals surface area contributed by atoms with Gasteiger partial charge in [-0.05, 0) is 44.9 Å². The van der Waals surface area contributed by atoms with Crippen LogP contribution in [0.5, 0.6) is 5.75 Å². The van der Waals surface area contributed by atoms with Gasteiger partial charge in [-0.2, -0.15) is 0 Å². The predicted molar refractivity (Wildman–Crippen MR) is 116 cm³/mol. The number of sulfone groups is 1. The van der Waals surface area contributed by atoms with Crippen LogP contribution in [-0.2, 0) is 14.6 Å². The summed E-state index contributed by atoms with van der Waals surface area (Å²) in [5, 5.41) is 1.41. The SMILES string of the molecule is CC[C@@H](C)N(C(=O)COc1c(Cl)cc(Cl)c2ccc(C)nc12)[C@H]1CCS(=O)(=O)C1.